The van der Waals surface area contributed by atoms with Crippen LogP contribution in [0.5, 0.6) is 0 Å². The molecule has 2 aliphatic heterocycles. The summed E-state index contributed by atoms with van der Waals surface area (Å²) < 4.78 is 9.61. The number of epoxide rings is 2. The third-order valence-corrected chi connectivity index (χ3v) is 1.83. The van der Waals surface area contributed by atoms with E-state index in [4.69, 9.17) is 9.47 Å². The van der Waals surface area contributed by atoms with Crippen molar-refractivity contribution in [2.24, 2.45) is 0 Å². The molecule has 0 bridgehead atoms. The van der Waals surface area contributed by atoms with E-state index in [0.29, 0.717) is 13.2 Å². The van der Waals surface area contributed by atoms with Gasteiger partial charge in [0.05, 0.1) is 13.2 Å². The Balaban J connectivity index is 1.83. The van der Waals surface area contributed by atoms with Crippen LogP contribution < -0.4 is 0 Å². The summed E-state index contributed by atoms with van der Waals surface area (Å²) in [7, 11) is 0. The second kappa shape index (κ2) is 2.17. The van der Waals surface area contributed by atoms with Crippen molar-refractivity contribution in [2.45, 2.75) is 24.4 Å². The van der Waals surface area contributed by atoms with Gasteiger partial charge in [-0.25, -0.2) is 0 Å². The fraction of sp³-hybridized carbons (Fsp3) is 1.00. The lowest BCUT2D eigenvalue weighted by Gasteiger charge is -2.12. The molecule has 2 fully saturated rings. The van der Waals surface area contributed by atoms with Gasteiger partial charge in [-0.15, -0.1) is 0 Å². The number of rotatable bonds is 3. The van der Waals surface area contributed by atoms with Crippen LogP contribution in [-0.2, 0) is 9.47 Å². The van der Waals surface area contributed by atoms with E-state index in [0.717, 1.165) is 0 Å². The number of hydrogen-bond donors (Lipinski definition) is 2. The van der Waals surface area contributed by atoms with E-state index in [1.807, 2.05) is 0 Å². The summed E-state index contributed by atoms with van der Waals surface area (Å²) in [5.41, 5.74) is 0. The minimum Gasteiger partial charge on any atom is -0.388 e. The Kier molecular flexibility index (Phi) is 1.42. The largest absolute Gasteiger partial charge is 0.388 e. The summed E-state index contributed by atoms with van der Waals surface area (Å²) in [6.07, 6.45) is -1.82. The van der Waals surface area contributed by atoms with Crippen molar-refractivity contribution in [3.8, 4) is 0 Å². The first-order valence-corrected chi connectivity index (χ1v) is 3.38. The van der Waals surface area contributed by atoms with Crippen LogP contribution in [0.2, 0.25) is 0 Å². The topological polar surface area (TPSA) is 65.5 Å². The van der Waals surface area contributed by atoms with Crippen LogP contribution in [0.4, 0.5) is 0 Å². The SMILES string of the molecule is O[C@H]([C@H](O)[C@H]1CO1)[C@H]1CO1. The number of aliphatic hydroxyl groups is 2. The molecule has 2 heterocycles. The van der Waals surface area contributed by atoms with Gasteiger partial charge in [-0.3, -0.25) is 0 Å². The molecular formula is C6H10O4. The summed E-state index contributed by atoms with van der Waals surface area (Å²) in [6.45, 7) is 1.12. The van der Waals surface area contributed by atoms with E-state index < -0.39 is 12.2 Å². The molecular weight excluding hydrogens is 136 g/mol. The van der Waals surface area contributed by atoms with Crippen molar-refractivity contribution in [3.63, 3.8) is 0 Å². The highest BCUT2D eigenvalue weighted by Crippen LogP contribution is 2.23. The maximum absolute atomic E-state index is 9.21. The predicted molar refractivity (Wildman–Crippen MR) is 31.5 cm³/mol. The average molecular weight is 146 g/mol. The van der Waals surface area contributed by atoms with Crippen LogP contribution in [0, 0.1) is 0 Å². The summed E-state index contributed by atoms with van der Waals surface area (Å²) in [5, 5.41) is 18.4. The van der Waals surface area contributed by atoms with Crippen molar-refractivity contribution < 1.29 is 19.7 Å². The first-order chi connectivity index (χ1) is 4.79. The van der Waals surface area contributed by atoms with Crippen LogP contribution >= 0.6 is 0 Å². The fourth-order valence-corrected chi connectivity index (χ4v) is 0.945. The Hall–Kier alpha value is -0.160. The average Bonchev–Trinajstić information content (AvgIpc) is 2.73. The molecule has 0 aromatic heterocycles. The maximum atomic E-state index is 9.21. The molecule has 4 atom stereocenters. The first kappa shape index (κ1) is 6.54. The van der Waals surface area contributed by atoms with Gasteiger partial charge < -0.3 is 19.7 Å². The van der Waals surface area contributed by atoms with Gasteiger partial charge in [0.1, 0.15) is 24.4 Å². The minimum absolute atomic E-state index is 0.154. The highest BCUT2D eigenvalue weighted by atomic mass is 16.6. The molecule has 0 saturated carbocycles. The molecule has 4 heteroatoms. The van der Waals surface area contributed by atoms with Gasteiger partial charge in [-0.1, -0.05) is 0 Å². The Morgan fingerprint density at radius 3 is 1.50 bits per heavy atom. The second-order valence-corrected chi connectivity index (χ2v) is 2.72. The summed E-state index contributed by atoms with van der Waals surface area (Å²) >= 11 is 0. The van der Waals surface area contributed by atoms with Crippen LogP contribution in [-0.4, -0.2) is 47.8 Å². The molecule has 10 heavy (non-hydrogen) atoms. The lowest BCUT2D eigenvalue weighted by Crippen LogP contribution is -2.35. The van der Waals surface area contributed by atoms with Gasteiger partial charge in [0.25, 0.3) is 0 Å². The quantitative estimate of drug-likeness (QED) is 0.476. The van der Waals surface area contributed by atoms with E-state index in [1.54, 1.807) is 0 Å². The van der Waals surface area contributed by atoms with Gasteiger partial charge in [0.2, 0.25) is 0 Å². The van der Waals surface area contributed by atoms with E-state index in [9.17, 15) is 10.2 Å². The molecule has 4 nitrogen and oxygen atoms in total. The molecule has 0 aromatic rings. The van der Waals surface area contributed by atoms with Crippen LogP contribution in [0.1, 0.15) is 0 Å². The Morgan fingerprint density at radius 1 is 1.00 bits per heavy atom. The van der Waals surface area contributed by atoms with Crippen molar-refractivity contribution in [3.05, 3.63) is 0 Å². The van der Waals surface area contributed by atoms with Gasteiger partial charge >= 0.3 is 0 Å². The first-order valence-electron chi connectivity index (χ1n) is 3.38. The number of aliphatic hydroxyl groups excluding tert-OH is 2. The predicted octanol–water partition coefficient (Wildman–Crippen LogP) is -1.49. The number of ether oxygens (including phenoxy) is 2. The molecule has 2 rings (SSSR count). The Labute approximate surface area is 58.4 Å². The zero-order valence-corrected chi connectivity index (χ0v) is 5.43. The van der Waals surface area contributed by atoms with Gasteiger partial charge in [0.15, 0.2) is 0 Å². The standard InChI is InChI=1S/C6H10O4/c7-5(3-1-9-3)6(8)4-2-10-4/h3-8H,1-2H2/t3-,4-,5-,6+/m1/s1. The fourth-order valence-electron chi connectivity index (χ4n) is 0.945. The van der Waals surface area contributed by atoms with Gasteiger partial charge in [0, 0.05) is 0 Å². The summed E-state index contributed by atoms with van der Waals surface area (Å²) in [4.78, 5) is 0. The molecule has 0 aromatic carbocycles. The van der Waals surface area contributed by atoms with E-state index in [1.165, 1.54) is 0 Å². The van der Waals surface area contributed by atoms with Gasteiger partial charge in [-0.2, -0.15) is 0 Å². The lowest BCUT2D eigenvalue weighted by molar-refractivity contribution is -0.0116. The lowest BCUT2D eigenvalue weighted by atomic mass is 10.1. The molecule has 0 unspecified atom stereocenters. The normalized spacial score (nSPS) is 42.6. The zero-order chi connectivity index (χ0) is 7.14. The van der Waals surface area contributed by atoms with E-state index >= 15 is 0 Å². The number of hydrogen-bond acceptors (Lipinski definition) is 4. The molecule has 0 amide bonds. The zero-order valence-electron chi connectivity index (χ0n) is 5.43. The monoisotopic (exact) mass is 146 g/mol. The highest BCUT2D eigenvalue weighted by molar-refractivity contribution is 4.91. The summed E-state index contributed by atoms with van der Waals surface area (Å²) in [5.74, 6) is 0. The molecule has 2 aliphatic rings. The van der Waals surface area contributed by atoms with Crippen LogP contribution in [0.15, 0.2) is 0 Å². The Morgan fingerprint density at radius 2 is 1.30 bits per heavy atom. The van der Waals surface area contributed by atoms with Crippen molar-refractivity contribution in [2.75, 3.05) is 13.2 Å². The molecule has 0 aliphatic carbocycles. The minimum atomic E-state index is -0.757. The second-order valence-electron chi connectivity index (χ2n) is 2.72. The molecule has 58 valence electrons. The van der Waals surface area contributed by atoms with E-state index in [-0.39, 0.29) is 12.2 Å². The third kappa shape index (κ3) is 1.15. The van der Waals surface area contributed by atoms with Crippen molar-refractivity contribution >= 4 is 0 Å². The van der Waals surface area contributed by atoms with Crippen LogP contribution in [0.3, 0.4) is 0 Å². The molecule has 0 radical (unpaired) electrons. The maximum Gasteiger partial charge on any atom is 0.111 e. The van der Waals surface area contributed by atoms with Crippen molar-refractivity contribution in [1.82, 2.24) is 0 Å². The molecule has 2 N–H and O–H groups in total. The van der Waals surface area contributed by atoms with Crippen molar-refractivity contribution in [1.29, 1.82) is 0 Å². The third-order valence-electron chi connectivity index (χ3n) is 1.83. The summed E-state index contributed by atoms with van der Waals surface area (Å²) in [6, 6.07) is 0. The molecule has 2 saturated heterocycles. The van der Waals surface area contributed by atoms with Crippen LogP contribution in [0.25, 0.3) is 0 Å². The smallest absolute Gasteiger partial charge is 0.111 e. The molecule has 0 spiro atoms. The highest BCUT2D eigenvalue weighted by Gasteiger charge is 2.43. The van der Waals surface area contributed by atoms with Gasteiger partial charge in [-0.05, 0) is 0 Å². The van der Waals surface area contributed by atoms with E-state index in [2.05, 4.69) is 0 Å². The Bertz CT molecular complexity index is 114.